The summed E-state index contributed by atoms with van der Waals surface area (Å²) in [6.45, 7) is 15.9. The molecular formula is C38H50O4. The molecule has 2 aromatic rings. The van der Waals surface area contributed by atoms with Crippen molar-refractivity contribution in [2.45, 2.75) is 73.0 Å². The van der Waals surface area contributed by atoms with Gasteiger partial charge in [-0.3, -0.25) is 4.79 Å². The Morgan fingerprint density at radius 3 is 2.29 bits per heavy atom. The Kier molecular flexibility index (Phi) is 10.5. The van der Waals surface area contributed by atoms with Gasteiger partial charge in [-0.1, -0.05) is 120 Å². The third kappa shape index (κ3) is 5.63. The van der Waals surface area contributed by atoms with E-state index in [9.17, 15) is 4.79 Å². The van der Waals surface area contributed by atoms with Crippen LogP contribution in [0.5, 0.6) is 5.75 Å². The fraction of sp³-hybridized carbons (Fsp3) is 0.500. The molecule has 0 aromatic heterocycles. The van der Waals surface area contributed by atoms with E-state index < -0.39 is 10.8 Å². The van der Waals surface area contributed by atoms with E-state index in [0.717, 1.165) is 36.1 Å². The predicted octanol–water partition coefficient (Wildman–Crippen LogP) is 9.07. The number of fused-ring (bicyclic) bond motifs is 1. The molecule has 0 unspecified atom stereocenters. The highest BCUT2D eigenvalue weighted by molar-refractivity contribution is 5.81. The highest BCUT2D eigenvalue weighted by atomic mass is 16.5. The van der Waals surface area contributed by atoms with Crippen LogP contribution < -0.4 is 4.74 Å². The third-order valence-corrected chi connectivity index (χ3v) is 10.3. The molecule has 0 radical (unpaired) electrons. The van der Waals surface area contributed by atoms with Crippen LogP contribution in [0, 0.1) is 34.5 Å². The van der Waals surface area contributed by atoms with Gasteiger partial charge in [0.1, 0.15) is 12.4 Å². The zero-order chi connectivity index (χ0) is 30.3. The lowest BCUT2D eigenvalue weighted by atomic mass is 9.46. The van der Waals surface area contributed by atoms with E-state index in [1.807, 2.05) is 18.2 Å². The molecule has 0 saturated heterocycles. The molecule has 1 fully saturated rings. The van der Waals surface area contributed by atoms with E-state index in [2.05, 4.69) is 95.8 Å². The topological polar surface area (TPSA) is 44.8 Å². The standard InChI is InChI=1S/C38H50O4/c1-8-24-41-36(39)38(12-5)34-32(10-3)35(42-26-29-18-20-31(40-7)21-19-29)27(6)33(34)30(9-2)25-37(38,11-4)23-22-28-16-14-13-15-17-28/h8,13-23,25,27,32-35H,1,9-12,24,26H2,2-7H3/b23-22+/t27-,32-,33+,34-,35-,37-,38-/m1/s1. The van der Waals surface area contributed by atoms with Crippen molar-refractivity contribution >= 4 is 12.0 Å². The number of rotatable bonds is 13. The Labute approximate surface area is 253 Å². The second kappa shape index (κ2) is 13.9. The number of benzene rings is 2. The smallest absolute Gasteiger partial charge is 0.313 e. The van der Waals surface area contributed by atoms with E-state index in [1.165, 1.54) is 5.57 Å². The van der Waals surface area contributed by atoms with E-state index in [1.54, 1.807) is 13.2 Å². The number of esters is 1. The molecule has 42 heavy (non-hydrogen) atoms. The number of hydrogen-bond acceptors (Lipinski definition) is 4. The molecule has 0 aliphatic heterocycles. The maximum atomic E-state index is 14.6. The van der Waals surface area contributed by atoms with Crippen LogP contribution in [0.4, 0.5) is 0 Å². The summed E-state index contributed by atoms with van der Waals surface area (Å²) in [6, 6.07) is 18.5. The summed E-state index contributed by atoms with van der Waals surface area (Å²) in [5, 5.41) is 0. The van der Waals surface area contributed by atoms with Gasteiger partial charge in [0, 0.05) is 5.41 Å². The molecule has 2 aliphatic rings. The van der Waals surface area contributed by atoms with Crippen molar-refractivity contribution in [3.8, 4) is 5.75 Å². The SMILES string of the molecule is C=CCOC(=O)[C@@]1(CC)[C@@H]2[C@@H](CC)[C@H](OCc3ccc(OC)cc3)[C@H](C)[C@H]2C(CC)=C[C@]1(/C=C/c1ccccc1)CC. The van der Waals surface area contributed by atoms with Gasteiger partial charge in [0.05, 0.1) is 25.2 Å². The molecule has 0 bridgehead atoms. The minimum Gasteiger partial charge on any atom is -0.497 e. The number of hydrogen-bond donors (Lipinski definition) is 0. The number of carbonyl (C=O) groups excluding carboxylic acids is 1. The average molecular weight is 571 g/mol. The highest BCUT2D eigenvalue weighted by Gasteiger charge is 2.68. The van der Waals surface area contributed by atoms with Gasteiger partial charge in [-0.05, 0) is 66.2 Å². The first-order valence-electron chi connectivity index (χ1n) is 15.8. The van der Waals surface area contributed by atoms with Gasteiger partial charge in [0.2, 0.25) is 0 Å². The molecule has 226 valence electrons. The molecule has 0 heterocycles. The number of allylic oxidation sites excluding steroid dienone is 3. The van der Waals surface area contributed by atoms with Crippen molar-refractivity contribution in [3.05, 3.63) is 96.1 Å². The highest BCUT2D eigenvalue weighted by Crippen LogP contribution is 2.67. The zero-order valence-electron chi connectivity index (χ0n) is 26.5. The van der Waals surface area contributed by atoms with Crippen molar-refractivity contribution in [1.29, 1.82) is 0 Å². The van der Waals surface area contributed by atoms with Crippen LogP contribution in [0.1, 0.15) is 71.4 Å². The zero-order valence-corrected chi connectivity index (χ0v) is 26.5. The maximum Gasteiger partial charge on any atom is 0.313 e. The summed E-state index contributed by atoms with van der Waals surface area (Å²) in [6.07, 6.45) is 12.1. The molecule has 0 amide bonds. The van der Waals surface area contributed by atoms with Crippen LogP contribution in [0.15, 0.2) is 85.0 Å². The minimum atomic E-state index is -0.730. The molecule has 1 saturated carbocycles. The van der Waals surface area contributed by atoms with Crippen LogP contribution in [0.3, 0.4) is 0 Å². The summed E-state index contributed by atoms with van der Waals surface area (Å²) in [5.74, 6) is 1.57. The Morgan fingerprint density at radius 2 is 1.71 bits per heavy atom. The van der Waals surface area contributed by atoms with Gasteiger partial charge in [0.15, 0.2) is 0 Å². The lowest BCUT2D eigenvalue weighted by Gasteiger charge is -2.56. The Bertz CT molecular complexity index is 1250. The second-order valence-corrected chi connectivity index (χ2v) is 12.0. The quantitative estimate of drug-likeness (QED) is 0.178. The summed E-state index contributed by atoms with van der Waals surface area (Å²) in [4.78, 5) is 14.6. The van der Waals surface area contributed by atoms with Crippen molar-refractivity contribution in [2.24, 2.45) is 34.5 Å². The number of methoxy groups -OCH3 is 1. The predicted molar refractivity (Wildman–Crippen MR) is 172 cm³/mol. The number of carbonyl (C=O) groups is 1. The Morgan fingerprint density at radius 1 is 1.00 bits per heavy atom. The summed E-state index contributed by atoms with van der Waals surface area (Å²) >= 11 is 0. The van der Waals surface area contributed by atoms with Crippen molar-refractivity contribution in [3.63, 3.8) is 0 Å². The van der Waals surface area contributed by atoms with E-state index in [0.29, 0.717) is 13.0 Å². The maximum absolute atomic E-state index is 14.6. The van der Waals surface area contributed by atoms with E-state index in [-0.39, 0.29) is 42.4 Å². The molecule has 2 aromatic carbocycles. The van der Waals surface area contributed by atoms with Crippen molar-refractivity contribution in [2.75, 3.05) is 13.7 Å². The van der Waals surface area contributed by atoms with Crippen LogP contribution in [0.2, 0.25) is 0 Å². The van der Waals surface area contributed by atoms with Gasteiger partial charge in [0.25, 0.3) is 0 Å². The van der Waals surface area contributed by atoms with Crippen molar-refractivity contribution < 1.29 is 19.0 Å². The van der Waals surface area contributed by atoms with E-state index in [4.69, 9.17) is 14.2 Å². The fourth-order valence-corrected chi connectivity index (χ4v) is 8.35. The molecule has 2 aliphatic carbocycles. The van der Waals surface area contributed by atoms with E-state index >= 15 is 0 Å². The largest absolute Gasteiger partial charge is 0.497 e. The van der Waals surface area contributed by atoms with Crippen LogP contribution in [-0.2, 0) is 20.9 Å². The molecule has 4 nitrogen and oxygen atoms in total. The first-order valence-corrected chi connectivity index (χ1v) is 15.8. The molecule has 4 rings (SSSR count). The van der Waals surface area contributed by atoms with Gasteiger partial charge in [-0.15, -0.1) is 0 Å². The first kappa shape index (κ1) is 31.8. The first-order chi connectivity index (χ1) is 20.4. The normalized spacial score (nSPS) is 30.5. The van der Waals surface area contributed by atoms with Gasteiger partial charge < -0.3 is 14.2 Å². The van der Waals surface area contributed by atoms with Gasteiger partial charge in [-0.25, -0.2) is 0 Å². The molecule has 4 heteroatoms. The lowest BCUT2D eigenvalue weighted by Crippen LogP contribution is -2.57. The fourth-order valence-electron chi connectivity index (χ4n) is 8.35. The summed E-state index contributed by atoms with van der Waals surface area (Å²) < 4.78 is 18.2. The average Bonchev–Trinajstić information content (AvgIpc) is 3.32. The van der Waals surface area contributed by atoms with Crippen LogP contribution in [0.25, 0.3) is 6.08 Å². The van der Waals surface area contributed by atoms with Crippen LogP contribution in [-0.4, -0.2) is 25.8 Å². The minimum absolute atomic E-state index is 0.0333. The molecular weight excluding hydrogens is 520 g/mol. The molecule has 0 spiro atoms. The lowest BCUT2D eigenvalue weighted by molar-refractivity contribution is -0.172. The second-order valence-electron chi connectivity index (χ2n) is 12.0. The van der Waals surface area contributed by atoms with Gasteiger partial charge >= 0.3 is 5.97 Å². The Hall–Kier alpha value is -3.11. The third-order valence-electron chi connectivity index (χ3n) is 10.3. The molecule has 0 N–H and O–H groups in total. The molecule has 7 atom stereocenters. The Balaban J connectivity index is 1.84. The van der Waals surface area contributed by atoms with Gasteiger partial charge in [-0.2, -0.15) is 0 Å². The van der Waals surface area contributed by atoms with Crippen molar-refractivity contribution in [1.82, 2.24) is 0 Å². The van der Waals surface area contributed by atoms with Crippen LogP contribution >= 0.6 is 0 Å². The summed E-state index contributed by atoms with van der Waals surface area (Å²) in [7, 11) is 1.68. The summed E-state index contributed by atoms with van der Waals surface area (Å²) in [5.41, 5.74) is 2.49. The number of ether oxygens (including phenoxy) is 3. The monoisotopic (exact) mass is 570 g/mol.